The van der Waals surface area contributed by atoms with E-state index in [1.165, 1.54) is 12.8 Å². The molecule has 1 amide bonds. The van der Waals surface area contributed by atoms with Gasteiger partial charge in [0.05, 0.1) is 0 Å². The molecule has 1 aromatic carbocycles. The fraction of sp³-hybridized carbons (Fsp3) is 0.533. The van der Waals surface area contributed by atoms with E-state index in [1.807, 2.05) is 30.3 Å². The molecule has 0 spiro atoms. The van der Waals surface area contributed by atoms with Crippen LogP contribution in [0, 0.1) is 0 Å². The lowest BCUT2D eigenvalue weighted by molar-refractivity contribution is 0.0678. The van der Waals surface area contributed by atoms with E-state index in [2.05, 4.69) is 11.8 Å². The van der Waals surface area contributed by atoms with Crippen LogP contribution in [-0.4, -0.2) is 23.4 Å². The number of amides is 1. The topological polar surface area (TPSA) is 20.3 Å². The zero-order valence-corrected chi connectivity index (χ0v) is 10.6. The van der Waals surface area contributed by atoms with Crippen LogP contribution in [0.25, 0.3) is 0 Å². The first-order chi connectivity index (χ1) is 8.33. The van der Waals surface area contributed by atoms with Gasteiger partial charge >= 0.3 is 0 Å². The Labute approximate surface area is 104 Å². The molecule has 2 rings (SSSR count). The first kappa shape index (κ1) is 12.2. The Morgan fingerprint density at radius 2 is 2.00 bits per heavy atom. The maximum absolute atomic E-state index is 12.4. The van der Waals surface area contributed by atoms with E-state index in [1.54, 1.807) is 0 Å². The summed E-state index contributed by atoms with van der Waals surface area (Å²) in [5, 5.41) is 0. The summed E-state index contributed by atoms with van der Waals surface area (Å²) in [7, 11) is 0. The third kappa shape index (κ3) is 2.87. The van der Waals surface area contributed by atoms with Gasteiger partial charge in [-0.05, 0) is 31.4 Å². The highest BCUT2D eigenvalue weighted by Crippen LogP contribution is 2.21. The van der Waals surface area contributed by atoms with Gasteiger partial charge < -0.3 is 4.90 Å². The van der Waals surface area contributed by atoms with Gasteiger partial charge in [0.15, 0.2) is 0 Å². The molecule has 0 aromatic heterocycles. The fourth-order valence-electron chi connectivity index (χ4n) is 2.62. The maximum atomic E-state index is 12.4. The lowest BCUT2D eigenvalue weighted by Gasteiger charge is -2.29. The van der Waals surface area contributed by atoms with Crippen molar-refractivity contribution in [2.45, 2.75) is 45.1 Å². The van der Waals surface area contributed by atoms with Crippen LogP contribution in [0.1, 0.15) is 49.4 Å². The average molecular weight is 231 g/mol. The van der Waals surface area contributed by atoms with Gasteiger partial charge in [0.2, 0.25) is 0 Å². The van der Waals surface area contributed by atoms with Crippen molar-refractivity contribution in [2.75, 3.05) is 6.54 Å². The molecule has 0 aliphatic carbocycles. The Kier molecular flexibility index (Phi) is 4.18. The van der Waals surface area contributed by atoms with E-state index < -0.39 is 0 Å². The minimum atomic E-state index is 0.208. The summed E-state index contributed by atoms with van der Waals surface area (Å²) in [5.41, 5.74) is 0.827. The number of nitrogens with zero attached hydrogens (tertiary/aromatic N) is 1. The highest BCUT2D eigenvalue weighted by atomic mass is 16.2. The molecule has 0 radical (unpaired) electrons. The lowest BCUT2D eigenvalue weighted by atomic mass is 10.1. The van der Waals surface area contributed by atoms with E-state index in [-0.39, 0.29) is 5.91 Å². The molecule has 1 aliphatic heterocycles. The Bertz CT molecular complexity index is 360. The zero-order chi connectivity index (χ0) is 12.1. The van der Waals surface area contributed by atoms with E-state index in [4.69, 9.17) is 0 Å². The number of carbonyl (C=O) groups is 1. The molecule has 17 heavy (non-hydrogen) atoms. The molecule has 1 aromatic rings. The monoisotopic (exact) mass is 231 g/mol. The molecule has 92 valence electrons. The van der Waals surface area contributed by atoms with Gasteiger partial charge in [0.25, 0.3) is 5.91 Å². The third-order valence-electron chi connectivity index (χ3n) is 3.63. The van der Waals surface area contributed by atoms with Crippen molar-refractivity contribution >= 4 is 5.91 Å². The summed E-state index contributed by atoms with van der Waals surface area (Å²) in [4.78, 5) is 14.5. The van der Waals surface area contributed by atoms with Crippen molar-refractivity contribution in [1.29, 1.82) is 0 Å². The average Bonchev–Trinajstić information content (AvgIpc) is 2.64. The molecule has 2 nitrogen and oxygen atoms in total. The van der Waals surface area contributed by atoms with Crippen LogP contribution in [-0.2, 0) is 0 Å². The Morgan fingerprint density at radius 1 is 1.24 bits per heavy atom. The van der Waals surface area contributed by atoms with E-state index in [0.29, 0.717) is 6.04 Å². The molecule has 1 aliphatic rings. The fourth-order valence-corrected chi connectivity index (χ4v) is 2.62. The Hall–Kier alpha value is -1.31. The second kappa shape index (κ2) is 5.85. The van der Waals surface area contributed by atoms with E-state index in [0.717, 1.165) is 31.4 Å². The van der Waals surface area contributed by atoms with Gasteiger partial charge in [-0.15, -0.1) is 0 Å². The summed E-state index contributed by atoms with van der Waals surface area (Å²) < 4.78 is 0. The molecule has 1 saturated heterocycles. The number of rotatable bonds is 2. The Morgan fingerprint density at radius 3 is 2.71 bits per heavy atom. The van der Waals surface area contributed by atoms with Crippen LogP contribution < -0.4 is 0 Å². The minimum absolute atomic E-state index is 0.208. The summed E-state index contributed by atoms with van der Waals surface area (Å²) in [6.07, 6.45) is 5.90. The van der Waals surface area contributed by atoms with Gasteiger partial charge in [0, 0.05) is 18.2 Å². The summed E-state index contributed by atoms with van der Waals surface area (Å²) in [5.74, 6) is 0.208. The van der Waals surface area contributed by atoms with Crippen LogP contribution >= 0.6 is 0 Å². The summed E-state index contributed by atoms with van der Waals surface area (Å²) >= 11 is 0. The molecule has 1 unspecified atom stereocenters. The second-order valence-electron chi connectivity index (χ2n) is 4.78. The highest BCUT2D eigenvalue weighted by Gasteiger charge is 2.24. The van der Waals surface area contributed by atoms with Crippen LogP contribution in [0.4, 0.5) is 0 Å². The number of likely N-dealkylation sites (tertiary alicyclic amines) is 1. The van der Waals surface area contributed by atoms with Crippen LogP contribution in [0.2, 0.25) is 0 Å². The van der Waals surface area contributed by atoms with Crippen molar-refractivity contribution in [1.82, 2.24) is 4.90 Å². The molecule has 0 saturated carbocycles. The summed E-state index contributed by atoms with van der Waals surface area (Å²) in [6, 6.07) is 10.1. The largest absolute Gasteiger partial charge is 0.336 e. The standard InChI is InChI=1S/C15H21NO/c1-2-14-11-7-4-8-12-16(14)15(17)13-9-5-3-6-10-13/h3,5-6,9-10,14H,2,4,7-8,11-12H2,1H3. The molecule has 0 N–H and O–H groups in total. The van der Waals surface area contributed by atoms with Crippen LogP contribution in [0.5, 0.6) is 0 Å². The first-order valence-corrected chi connectivity index (χ1v) is 6.69. The molecule has 1 fully saturated rings. The Balaban J connectivity index is 2.16. The predicted molar refractivity (Wildman–Crippen MR) is 70.0 cm³/mol. The molecule has 1 heterocycles. The normalized spacial score (nSPS) is 21.0. The molecule has 0 bridgehead atoms. The smallest absolute Gasteiger partial charge is 0.254 e. The number of hydrogen-bond acceptors (Lipinski definition) is 1. The number of benzene rings is 1. The number of hydrogen-bond donors (Lipinski definition) is 0. The van der Waals surface area contributed by atoms with Crippen molar-refractivity contribution in [3.8, 4) is 0 Å². The van der Waals surface area contributed by atoms with Crippen LogP contribution in [0.15, 0.2) is 30.3 Å². The van der Waals surface area contributed by atoms with Crippen LogP contribution in [0.3, 0.4) is 0 Å². The van der Waals surface area contributed by atoms with Gasteiger partial charge in [0.1, 0.15) is 0 Å². The van der Waals surface area contributed by atoms with E-state index >= 15 is 0 Å². The summed E-state index contributed by atoms with van der Waals surface area (Å²) in [6.45, 7) is 3.10. The van der Waals surface area contributed by atoms with Gasteiger partial charge in [-0.3, -0.25) is 4.79 Å². The van der Waals surface area contributed by atoms with Gasteiger partial charge in [-0.1, -0.05) is 38.0 Å². The first-order valence-electron chi connectivity index (χ1n) is 6.69. The molecular formula is C15H21NO. The minimum Gasteiger partial charge on any atom is -0.336 e. The van der Waals surface area contributed by atoms with E-state index in [9.17, 15) is 4.79 Å². The third-order valence-corrected chi connectivity index (χ3v) is 3.63. The maximum Gasteiger partial charge on any atom is 0.254 e. The SMILES string of the molecule is CCC1CCCCCN1C(=O)c1ccccc1. The molecular weight excluding hydrogens is 210 g/mol. The van der Waals surface area contributed by atoms with Gasteiger partial charge in [-0.2, -0.15) is 0 Å². The van der Waals surface area contributed by atoms with Gasteiger partial charge in [-0.25, -0.2) is 0 Å². The second-order valence-corrected chi connectivity index (χ2v) is 4.78. The molecule has 1 atom stereocenters. The number of carbonyl (C=O) groups excluding carboxylic acids is 1. The van der Waals surface area contributed by atoms with Crippen molar-refractivity contribution in [3.05, 3.63) is 35.9 Å². The highest BCUT2D eigenvalue weighted by molar-refractivity contribution is 5.94. The lowest BCUT2D eigenvalue weighted by Crippen LogP contribution is -2.39. The van der Waals surface area contributed by atoms with Crippen molar-refractivity contribution < 1.29 is 4.79 Å². The quantitative estimate of drug-likeness (QED) is 0.763. The molecule has 2 heteroatoms. The predicted octanol–water partition coefficient (Wildman–Crippen LogP) is 3.48. The van der Waals surface area contributed by atoms with Crippen molar-refractivity contribution in [2.24, 2.45) is 0 Å². The van der Waals surface area contributed by atoms with Crippen molar-refractivity contribution in [3.63, 3.8) is 0 Å². The zero-order valence-electron chi connectivity index (χ0n) is 10.6.